The molecule has 4 N–H and O–H groups in total. The number of hydrogen-bond acceptors (Lipinski definition) is 7. The van der Waals surface area contributed by atoms with Crippen molar-refractivity contribution in [2.24, 2.45) is 5.73 Å². The fourth-order valence-electron chi connectivity index (χ4n) is 1.52. The number of anilines is 3. The Morgan fingerprint density at radius 1 is 1.32 bits per heavy atom. The van der Waals surface area contributed by atoms with Crippen LogP contribution < -0.4 is 16.4 Å². The van der Waals surface area contributed by atoms with E-state index in [4.69, 9.17) is 5.73 Å². The molecule has 1 atom stereocenters. The first-order chi connectivity index (χ1) is 10.4. The third-order valence-electron chi connectivity index (χ3n) is 2.52. The third kappa shape index (κ3) is 4.71. The van der Waals surface area contributed by atoms with Gasteiger partial charge in [0.1, 0.15) is 0 Å². The maximum Gasteiger partial charge on any atom is 0.230 e. The number of thioether (sulfide) groups is 1. The first kappa shape index (κ1) is 16.2. The average Bonchev–Trinajstić information content (AvgIpc) is 2.85. The lowest BCUT2D eigenvalue weighted by Gasteiger charge is -2.05. The van der Waals surface area contributed by atoms with E-state index in [-0.39, 0.29) is 11.2 Å². The Morgan fingerprint density at radius 2 is 2.05 bits per heavy atom. The summed E-state index contributed by atoms with van der Waals surface area (Å²) in [7, 11) is 0. The quantitative estimate of drug-likeness (QED) is 0.697. The number of carbonyl (C=O) groups excluding carboxylic acids is 2. The van der Waals surface area contributed by atoms with Gasteiger partial charge in [-0.05, 0) is 25.1 Å². The van der Waals surface area contributed by atoms with Crippen LogP contribution in [-0.2, 0) is 9.59 Å². The Balaban J connectivity index is 2.03. The van der Waals surface area contributed by atoms with Crippen molar-refractivity contribution < 1.29 is 9.59 Å². The number of rotatable bonds is 6. The molecule has 0 spiro atoms. The van der Waals surface area contributed by atoms with Gasteiger partial charge in [0.15, 0.2) is 4.34 Å². The molecule has 2 aromatic rings. The molecule has 0 aliphatic heterocycles. The molecule has 0 bridgehead atoms. The fraction of sp³-hybridized carbons (Fsp3) is 0.231. The van der Waals surface area contributed by atoms with Gasteiger partial charge >= 0.3 is 0 Å². The van der Waals surface area contributed by atoms with E-state index in [1.165, 1.54) is 30.0 Å². The Bertz CT molecular complexity index is 689. The zero-order valence-corrected chi connectivity index (χ0v) is 13.6. The van der Waals surface area contributed by atoms with Crippen LogP contribution in [-0.4, -0.2) is 27.3 Å². The molecule has 7 nitrogen and oxygen atoms in total. The molecule has 0 aliphatic carbocycles. The highest BCUT2D eigenvalue weighted by atomic mass is 32.2. The molecule has 1 aromatic carbocycles. The number of hydrogen-bond donors (Lipinski definition) is 3. The SMILES string of the molecule is CC(=O)Nc1cccc(Nc2nnc(SC(C)C(N)=O)s2)c1. The van der Waals surface area contributed by atoms with E-state index in [2.05, 4.69) is 20.8 Å². The number of amides is 2. The standard InChI is InChI=1S/C13H15N5O2S2/c1-7(11(14)20)21-13-18-17-12(22-13)16-10-5-3-4-9(6-10)15-8(2)19/h3-7H,1-2H3,(H2,14,20)(H,15,19)(H,16,17). The minimum absolute atomic E-state index is 0.132. The van der Waals surface area contributed by atoms with Crippen molar-refractivity contribution in [1.82, 2.24) is 10.2 Å². The summed E-state index contributed by atoms with van der Waals surface area (Å²) < 4.78 is 0.659. The lowest BCUT2D eigenvalue weighted by molar-refractivity contribution is -0.117. The summed E-state index contributed by atoms with van der Waals surface area (Å²) in [4.78, 5) is 22.1. The van der Waals surface area contributed by atoms with Gasteiger partial charge in [0.2, 0.25) is 16.9 Å². The number of nitrogens with two attached hydrogens (primary N) is 1. The number of benzene rings is 1. The molecule has 1 heterocycles. The van der Waals surface area contributed by atoms with Gasteiger partial charge in [-0.15, -0.1) is 10.2 Å². The summed E-state index contributed by atoms with van der Waals surface area (Å²) in [5.41, 5.74) is 6.69. The summed E-state index contributed by atoms with van der Waals surface area (Å²) in [6, 6.07) is 7.26. The van der Waals surface area contributed by atoms with E-state index in [1.54, 1.807) is 19.1 Å². The number of primary amides is 1. The predicted octanol–water partition coefficient (Wildman–Crippen LogP) is 2.21. The second-order valence-corrected chi connectivity index (χ2v) is 6.99. The molecule has 22 heavy (non-hydrogen) atoms. The molecule has 2 amide bonds. The summed E-state index contributed by atoms with van der Waals surface area (Å²) in [5, 5.41) is 14.1. The van der Waals surface area contributed by atoms with E-state index < -0.39 is 5.91 Å². The van der Waals surface area contributed by atoms with Crippen LogP contribution in [0.2, 0.25) is 0 Å². The van der Waals surface area contributed by atoms with E-state index in [9.17, 15) is 9.59 Å². The van der Waals surface area contributed by atoms with Crippen LogP contribution in [0.4, 0.5) is 16.5 Å². The number of carbonyl (C=O) groups is 2. The Morgan fingerprint density at radius 3 is 2.73 bits per heavy atom. The van der Waals surface area contributed by atoms with Crippen molar-refractivity contribution in [1.29, 1.82) is 0 Å². The molecule has 0 aliphatic rings. The molecule has 0 fully saturated rings. The molecule has 2 rings (SSSR count). The first-order valence-corrected chi connectivity index (χ1v) is 8.08. The van der Waals surface area contributed by atoms with Crippen molar-refractivity contribution in [2.75, 3.05) is 10.6 Å². The van der Waals surface area contributed by atoms with Gasteiger partial charge in [0, 0.05) is 18.3 Å². The van der Waals surface area contributed by atoms with Crippen LogP contribution >= 0.6 is 23.1 Å². The molecule has 1 aromatic heterocycles. The molecular weight excluding hydrogens is 322 g/mol. The Labute approximate surface area is 135 Å². The molecule has 116 valence electrons. The average molecular weight is 337 g/mol. The van der Waals surface area contributed by atoms with Gasteiger partial charge in [-0.1, -0.05) is 29.2 Å². The lowest BCUT2D eigenvalue weighted by atomic mass is 10.3. The van der Waals surface area contributed by atoms with Crippen molar-refractivity contribution in [2.45, 2.75) is 23.4 Å². The second-order valence-electron chi connectivity index (χ2n) is 4.42. The molecule has 1 unspecified atom stereocenters. The van der Waals surface area contributed by atoms with Gasteiger partial charge in [0.25, 0.3) is 0 Å². The Kier molecular flexibility index (Phi) is 5.34. The molecule has 9 heteroatoms. The van der Waals surface area contributed by atoms with Crippen molar-refractivity contribution >= 4 is 51.4 Å². The fourth-order valence-corrected chi connectivity index (χ4v) is 3.39. The molecule has 0 radical (unpaired) electrons. The molecule has 0 saturated heterocycles. The van der Waals surface area contributed by atoms with Crippen molar-refractivity contribution in [3.8, 4) is 0 Å². The second kappa shape index (κ2) is 7.23. The van der Waals surface area contributed by atoms with Gasteiger partial charge in [-0.3, -0.25) is 9.59 Å². The van der Waals surface area contributed by atoms with Crippen LogP contribution in [0.15, 0.2) is 28.6 Å². The van der Waals surface area contributed by atoms with Gasteiger partial charge in [-0.2, -0.15) is 0 Å². The minimum Gasteiger partial charge on any atom is -0.369 e. The monoisotopic (exact) mass is 337 g/mol. The van der Waals surface area contributed by atoms with Crippen molar-refractivity contribution in [3.63, 3.8) is 0 Å². The van der Waals surface area contributed by atoms with E-state index in [1.807, 2.05) is 12.1 Å². The zero-order chi connectivity index (χ0) is 16.1. The topological polar surface area (TPSA) is 110 Å². The van der Waals surface area contributed by atoms with Crippen molar-refractivity contribution in [3.05, 3.63) is 24.3 Å². The summed E-state index contributed by atoms with van der Waals surface area (Å²) in [6.07, 6.45) is 0. The van der Waals surface area contributed by atoms with Gasteiger partial charge in [-0.25, -0.2) is 0 Å². The summed E-state index contributed by atoms with van der Waals surface area (Å²) >= 11 is 2.60. The van der Waals surface area contributed by atoms with Crippen LogP contribution in [0, 0.1) is 0 Å². The maximum atomic E-state index is 11.1. The zero-order valence-electron chi connectivity index (χ0n) is 12.0. The molecular formula is C13H15N5O2S2. The summed E-state index contributed by atoms with van der Waals surface area (Å²) in [6.45, 7) is 3.17. The lowest BCUT2D eigenvalue weighted by Crippen LogP contribution is -2.22. The van der Waals surface area contributed by atoms with E-state index in [0.29, 0.717) is 15.2 Å². The normalized spacial score (nSPS) is 11.7. The highest BCUT2D eigenvalue weighted by molar-refractivity contribution is 8.02. The molecule has 0 saturated carbocycles. The van der Waals surface area contributed by atoms with Gasteiger partial charge < -0.3 is 16.4 Å². The maximum absolute atomic E-state index is 11.1. The van der Waals surface area contributed by atoms with Crippen LogP contribution in [0.3, 0.4) is 0 Å². The number of nitrogens with one attached hydrogen (secondary N) is 2. The van der Waals surface area contributed by atoms with Gasteiger partial charge in [0.05, 0.1) is 5.25 Å². The number of nitrogens with zero attached hydrogens (tertiary/aromatic N) is 2. The van der Waals surface area contributed by atoms with Crippen LogP contribution in [0.25, 0.3) is 0 Å². The number of aromatic nitrogens is 2. The Hall–Kier alpha value is -2.13. The predicted molar refractivity (Wildman–Crippen MR) is 88.5 cm³/mol. The highest BCUT2D eigenvalue weighted by Crippen LogP contribution is 2.30. The largest absolute Gasteiger partial charge is 0.369 e. The summed E-state index contributed by atoms with van der Waals surface area (Å²) in [5.74, 6) is -0.523. The highest BCUT2D eigenvalue weighted by Gasteiger charge is 2.14. The first-order valence-electron chi connectivity index (χ1n) is 6.38. The van der Waals surface area contributed by atoms with E-state index >= 15 is 0 Å². The van der Waals surface area contributed by atoms with E-state index in [0.717, 1.165) is 5.69 Å². The van der Waals surface area contributed by atoms with Crippen LogP contribution in [0.1, 0.15) is 13.8 Å². The van der Waals surface area contributed by atoms with Crippen LogP contribution in [0.5, 0.6) is 0 Å². The minimum atomic E-state index is -0.391. The smallest absolute Gasteiger partial charge is 0.230 e. The third-order valence-corrected chi connectivity index (χ3v) is 4.56.